The molecule has 0 unspecified atom stereocenters. The highest BCUT2D eigenvalue weighted by atomic mass is 16.5. The van der Waals surface area contributed by atoms with Gasteiger partial charge < -0.3 is 14.0 Å². The number of fused-ring (bicyclic) bond motifs is 1. The molecule has 1 N–H and O–H groups in total. The molecule has 158 valence electrons. The number of hydrogen-bond acceptors (Lipinski definition) is 7. The molecule has 32 heavy (non-hydrogen) atoms. The lowest BCUT2D eigenvalue weighted by molar-refractivity contribution is 0.112. The number of aldehydes is 1. The highest BCUT2D eigenvalue weighted by Crippen LogP contribution is 2.36. The number of hydrogen-bond donors (Lipinski definition) is 1. The summed E-state index contributed by atoms with van der Waals surface area (Å²) >= 11 is 0. The number of aromatic nitrogens is 3. The number of carbonyl (C=O) groups is 1. The van der Waals surface area contributed by atoms with Gasteiger partial charge in [-0.3, -0.25) is 4.79 Å². The molecule has 0 radical (unpaired) electrons. The SMILES string of the molecule is Cc1c(-c2noc(CO)n2)cccc1-c1cccc(-c2nc3cc(C=O)ccc3o2)c1C. The molecule has 0 saturated heterocycles. The van der Waals surface area contributed by atoms with Crippen LogP contribution >= 0.6 is 0 Å². The van der Waals surface area contributed by atoms with E-state index in [0.717, 1.165) is 39.7 Å². The van der Waals surface area contributed by atoms with Gasteiger partial charge in [-0.1, -0.05) is 35.5 Å². The van der Waals surface area contributed by atoms with Crippen LogP contribution in [0.25, 0.3) is 45.1 Å². The van der Waals surface area contributed by atoms with Gasteiger partial charge in [0.2, 0.25) is 11.7 Å². The van der Waals surface area contributed by atoms with E-state index in [0.29, 0.717) is 28.4 Å². The molecule has 0 saturated carbocycles. The fraction of sp³-hybridized carbons (Fsp3) is 0.120. The van der Waals surface area contributed by atoms with Gasteiger partial charge in [0, 0.05) is 16.7 Å². The Labute approximate surface area is 183 Å². The molecule has 5 aromatic rings. The predicted octanol–water partition coefficient (Wildman–Crippen LogP) is 5.13. The Morgan fingerprint density at radius 2 is 1.59 bits per heavy atom. The summed E-state index contributed by atoms with van der Waals surface area (Å²) in [6.07, 6.45) is 0.794. The third-order valence-corrected chi connectivity index (χ3v) is 5.58. The number of nitrogens with zero attached hydrogens (tertiary/aromatic N) is 3. The predicted molar refractivity (Wildman–Crippen MR) is 119 cm³/mol. The molecule has 0 fully saturated rings. The van der Waals surface area contributed by atoms with Crippen molar-refractivity contribution in [2.24, 2.45) is 0 Å². The van der Waals surface area contributed by atoms with Gasteiger partial charge in [-0.05, 0) is 60.4 Å². The Morgan fingerprint density at radius 3 is 2.28 bits per heavy atom. The second kappa shape index (κ2) is 7.86. The fourth-order valence-electron chi connectivity index (χ4n) is 3.89. The molecule has 0 atom stereocenters. The largest absolute Gasteiger partial charge is 0.436 e. The summed E-state index contributed by atoms with van der Waals surface area (Å²) in [5.74, 6) is 1.12. The molecule has 0 amide bonds. The summed E-state index contributed by atoms with van der Waals surface area (Å²) in [5.41, 5.74) is 7.60. The summed E-state index contributed by atoms with van der Waals surface area (Å²) in [6, 6.07) is 17.1. The first-order valence-corrected chi connectivity index (χ1v) is 10.1. The van der Waals surface area contributed by atoms with Crippen LogP contribution in [-0.4, -0.2) is 26.5 Å². The molecule has 0 aliphatic carbocycles. The van der Waals surface area contributed by atoms with Gasteiger partial charge in [0.15, 0.2) is 5.58 Å². The highest BCUT2D eigenvalue weighted by molar-refractivity contribution is 5.86. The number of carbonyl (C=O) groups excluding carboxylic acids is 1. The van der Waals surface area contributed by atoms with Crippen LogP contribution in [0.15, 0.2) is 63.5 Å². The van der Waals surface area contributed by atoms with Crippen LogP contribution in [0.2, 0.25) is 0 Å². The van der Waals surface area contributed by atoms with E-state index < -0.39 is 0 Å². The van der Waals surface area contributed by atoms with E-state index in [2.05, 4.69) is 15.1 Å². The molecule has 5 rings (SSSR count). The molecule has 0 bridgehead atoms. The second-order valence-electron chi connectivity index (χ2n) is 7.49. The molecular formula is C25H19N3O4. The van der Waals surface area contributed by atoms with E-state index >= 15 is 0 Å². The minimum atomic E-state index is -0.300. The lowest BCUT2D eigenvalue weighted by Crippen LogP contribution is -1.94. The maximum absolute atomic E-state index is 11.1. The van der Waals surface area contributed by atoms with Crippen LogP contribution in [0.3, 0.4) is 0 Å². The minimum Gasteiger partial charge on any atom is -0.436 e. The molecule has 7 nitrogen and oxygen atoms in total. The van der Waals surface area contributed by atoms with Gasteiger partial charge in [0.05, 0.1) is 0 Å². The number of benzene rings is 3. The van der Waals surface area contributed by atoms with Crippen molar-refractivity contribution in [3.63, 3.8) is 0 Å². The average molecular weight is 425 g/mol. The van der Waals surface area contributed by atoms with Gasteiger partial charge in [-0.15, -0.1) is 0 Å². The van der Waals surface area contributed by atoms with E-state index in [1.54, 1.807) is 18.2 Å². The number of aliphatic hydroxyl groups is 1. The molecule has 2 aromatic heterocycles. The molecule has 0 spiro atoms. The van der Waals surface area contributed by atoms with Crippen LogP contribution in [0.4, 0.5) is 0 Å². The first-order valence-electron chi connectivity index (χ1n) is 10.1. The van der Waals surface area contributed by atoms with E-state index in [1.807, 2.05) is 50.2 Å². The third-order valence-electron chi connectivity index (χ3n) is 5.58. The molecule has 0 aliphatic rings. The van der Waals surface area contributed by atoms with Crippen LogP contribution < -0.4 is 0 Å². The normalized spacial score (nSPS) is 11.2. The van der Waals surface area contributed by atoms with E-state index in [1.165, 1.54) is 0 Å². The second-order valence-corrected chi connectivity index (χ2v) is 7.49. The third kappa shape index (κ3) is 3.29. The van der Waals surface area contributed by atoms with Crippen molar-refractivity contribution in [2.75, 3.05) is 0 Å². The number of aliphatic hydroxyl groups excluding tert-OH is 1. The first-order chi connectivity index (χ1) is 15.6. The molecule has 0 aliphatic heterocycles. The van der Waals surface area contributed by atoms with Gasteiger partial charge in [-0.25, -0.2) is 4.98 Å². The Kier molecular flexibility index (Phi) is 4.88. The summed E-state index contributed by atoms with van der Waals surface area (Å²) in [7, 11) is 0. The van der Waals surface area contributed by atoms with Crippen molar-refractivity contribution < 1.29 is 18.8 Å². The zero-order valence-corrected chi connectivity index (χ0v) is 17.5. The summed E-state index contributed by atoms with van der Waals surface area (Å²) in [5, 5.41) is 13.2. The fourth-order valence-corrected chi connectivity index (χ4v) is 3.89. The minimum absolute atomic E-state index is 0.177. The van der Waals surface area contributed by atoms with Crippen molar-refractivity contribution >= 4 is 17.4 Å². The maximum atomic E-state index is 11.1. The van der Waals surface area contributed by atoms with Crippen molar-refractivity contribution in [1.82, 2.24) is 15.1 Å². The molecular weight excluding hydrogens is 406 g/mol. The summed E-state index contributed by atoms with van der Waals surface area (Å²) in [4.78, 5) is 19.9. The van der Waals surface area contributed by atoms with Gasteiger partial charge in [-0.2, -0.15) is 4.98 Å². The Bertz CT molecular complexity index is 1470. The smallest absolute Gasteiger partial charge is 0.252 e. The van der Waals surface area contributed by atoms with Crippen LogP contribution in [0, 0.1) is 13.8 Å². The standard InChI is InChI=1S/C25H19N3O4/c1-14-17(5-3-7-19(14)24-27-23(13-30)32-28-24)18-6-4-8-20(15(18)2)25-26-21-11-16(12-29)9-10-22(21)31-25/h3-12,30H,13H2,1-2H3. The zero-order chi connectivity index (χ0) is 22.2. The van der Waals surface area contributed by atoms with E-state index in [9.17, 15) is 9.90 Å². The zero-order valence-electron chi connectivity index (χ0n) is 17.5. The summed E-state index contributed by atoms with van der Waals surface area (Å²) in [6.45, 7) is 3.73. The maximum Gasteiger partial charge on any atom is 0.252 e. The van der Waals surface area contributed by atoms with Crippen molar-refractivity contribution in [3.8, 4) is 34.0 Å². The van der Waals surface area contributed by atoms with Gasteiger partial charge >= 0.3 is 0 Å². The van der Waals surface area contributed by atoms with Crippen LogP contribution in [-0.2, 0) is 6.61 Å². The van der Waals surface area contributed by atoms with Crippen molar-refractivity contribution in [3.05, 3.63) is 77.2 Å². The lowest BCUT2D eigenvalue weighted by Gasteiger charge is -2.13. The van der Waals surface area contributed by atoms with Gasteiger partial charge in [0.1, 0.15) is 18.4 Å². The Morgan fingerprint density at radius 1 is 0.906 bits per heavy atom. The van der Waals surface area contributed by atoms with Crippen LogP contribution in [0.5, 0.6) is 0 Å². The topological polar surface area (TPSA) is 102 Å². The average Bonchev–Trinajstić information content (AvgIpc) is 3.46. The summed E-state index contributed by atoms with van der Waals surface area (Å²) < 4.78 is 11.0. The molecule has 7 heteroatoms. The van der Waals surface area contributed by atoms with Crippen molar-refractivity contribution in [1.29, 1.82) is 0 Å². The number of rotatable bonds is 5. The quantitative estimate of drug-likeness (QED) is 0.389. The highest BCUT2D eigenvalue weighted by Gasteiger charge is 2.17. The van der Waals surface area contributed by atoms with Gasteiger partial charge in [0.25, 0.3) is 5.89 Å². The molecule has 2 heterocycles. The lowest BCUT2D eigenvalue weighted by atomic mass is 9.91. The monoisotopic (exact) mass is 425 g/mol. The Balaban J connectivity index is 1.61. The molecule has 3 aromatic carbocycles. The van der Waals surface area contributed by atoms with Crippen LogP contribution in [0.1, 0.15) is 27.4 Å². The Hall–Kier alpha value is -4.10. The number of oxazole rings is 1. The van der Waals surface area contributed by atoms with E-state index in [-0.39, 0.29) is 12.5 Å². The van der Waals surface area contributed by atoms with E-state index in [4.69, 9.17) is 8.94 Å². The first kappa shape index (κ1) is 19.8. The van der Waals surface area contributed by atoms with Crippen molar-refractivity contribution in [2.45, 2.75) is 20.5 Å².